The summed E-state index contributed by atoms with van der Waals surface area (Å²) in [5, 5.41) is 2.39. The Morgan fingerprint density at radius 2 is 1.79 bits per heavy atom. The largest absolute Gasteiger partial charge is 0.440 e. The first-order chi connectivity index (χ1) is 8.60. The van der Waals surface area contributed by atoms with Crippen molar-refractivity contribution in [1.82, 2.24) is 5.32 Å². The summed E-state index contributed by atoms with van der Waals surface area (Å²) < 4.78 is 40.7. The number of nitrogens with one attached hydrogen (secondary N) is 1. The van der Waals surface area contributed by atoms with E-state index in [0.29, 0.717) is 0 Å². The first-order valence-corrected chi connectivity index (χ1v) is 6.17. The highest BCUT2D eigenvalue weighted by atomic mass is 79.9. The monoisotopic (exact) mass is 339 g/mol. The van der Waals surface area contributed by atoms with Crippen molar-refractivity contribution in [3.05, 3.63) is 34.3 Å². The number of hydrogen-bond acceptors (Lipinski definition) is 2. The molecule has 3 nitrogen and oxygen atoms in total. The molecular weight excluding hydrogens is 327 g/mol. The van der Waals surface area contributed by atoms with Gasteiger partial charge >= 0.3 is 12.3 Å². The summed E-state index contributed by atoms with van der Waals surface area (Å²) in [4.78, 5) is 11.3. The molecule has 106 valence electrons. The summed E-state index contributed by atoms with van der Waals surface area (Å²) in [6.07, 6.45) is -5.63. The summed E-state index contributed by atoms with van der Waals surface area (Å²) in [5.74, 6) is 0. The fraction of sp³-hybridized carbons (Fsp3) is 0.417. The van der Waals surface area contributed by atoms with Crippen LogP contribution in [0.2, 0.25) is 0 Å². The molecule has 0 fully saturated rings. The number of carbonyl (C=O) groups excluding carboxylic acids is 1. The topological polar surface area (TPSA) is 38.3 Å². The second kappa shape index (κ2) is 5.81. The van der Waals surface area contributed by atoms with E-state index in [1.165, 1.54) is 0 Å². The van der Waals surface area contributed by atoms with E-state index in [4.69, 9.17) is 0 Å². The number of carbonyl (C=O) groups is 1. The second-order valence-corrected chi connectivity index (χ2v) is 5.36. The highest BCUT2D eigenvalue weighted by Crippen LogP contribution is 2.22. The van der Waals surface area contributed by atoms with Crippen LogP contribution in [0.4, 0.5) is 18.0 Å². The maximum absolute atomic E-state index is 11.9. The molecule has 0 saturated heterocycles. The lowest BCUT2D eigenvalue weighted by Gasteiger charge is -2.26. The fourth-order valence-electron chi connectivity index (χ4n) is 1.38. The minimum absolute atomic E-state index is 0.750. The Hall–Kier alpha value is -1.24. The van der Waals surface area contributed by atoms with E-state index >= 15 is 0 Å². The zero-order valence-corrected chi connectivity index (χ0v) is 11.9. The smallest absolute Gasteiger partial charge is 0.422 e. The van der Waals surface area contributed by atoms with Gasteiger partial charge in [-0.25, -0.2) is 4.79 Å². The van der Waals surface area contributed by atoms with Crippen LogP contribution in [0.5, 0.6) is 0 Å². The molecule has 0 bridgehead atoms. The maximum atomic E-state index is 11.9. The Kier molecular flexibility index (Phi) is 4.84. The molecule has 0 saturated carbocycles. The van der Waals surface area contributed by atoms with Gasteiger partial charge in [0.1, 0.15) is 0 Å². The molecule has 7 heteroatoms. The molecule has 1 rings (SSSR count). The van der Waals surface area contributed by atoms with Gasteiger partial charge in [-0.1, -0.05) is 28.1 Å². The normalized spacial score (nSPS) is 12.1. The summed E-state index contributed by atoms with van der Waals surface area (Å²) in [6, 6.07) is 7.07. The molecule has 1 amide bonds. The van der Waals surface area contributed by atoms with Crippen LogP contribution in [0.1, 0.15) is 19.4 Å². The van der Waals surface area contributed by atoms with Gasteiger partial charge < -0.3 is 10.1 Å². The van der Waals surface area contributed by atoms with E-state index in [-0.39, 0.29) is 0 Å². The molecule has 1 aromatic carbocycles. The Balaban J connectivity index is 2.64. The van der Waals surface area contributed by atoms with Gasteiger partial charge in [0.2, 0.25) is 0 Å². The number of rotatable bonds is 3. The SMILES string of the molecule is CC(C)(NC(=O)OCC(F)(F)F)c1ccc(Br)cc1. The molecule has 0 radical (unpaired) electrons. The van der Waals surface area contributed by atoms with Gasteiger partial charge in [0, 0.05) is 4.47 Å². The lowest BCUT2D eigenvalue weighted by atomic mass is 9.95. The maximum Gasteiger partial charge on any atom is 0.422 e. The number of alkyl carbamates (subject to hydrolysis) is 1. The van der Waals surface area contributed by atoms with Gasteiger partial charge in [-0.05, 0) is 31.5 Å². The van der Waals surface area contributed by atoms with Crippen LogP contribution >= 0.6 is 15.9 Å². The van der Waals surface area contributed by atoms with Crippen molar-refractivity contribution < 1.29 is 22.7 Å². The minimum atomic E-state index is -4.53. The minimum Gasteiger partial charge on any atom is -0.440 e. The molecule has 1 N–H and O–H groups in total. The van der Waals surface area contributed by atoms with Gasteiger partial charge in [-0.2, -0.15) is 13.2 Å². The Labute approximate surface area is 117 Å². The molecule has 19 heavy (non-hydrogen) atoms. The summed E-state index contributed by atoms with van der Waals surface area (Å²) in [7, 11) is 0. The highest BCUT2D eigenvalue weighted by Gasteiger charge is 2.31. The van der Waals surface area contributed by atoms with Gasteiger partial charge in [0.05, 0.1) is 5.54 Å². The average Bonchev–Trinajstić information content (AvgIpc) is 2.25. The van der Waals surface area contributed by atoms with E-state index < -0.39 is 24.4 Å². The third-order valence-electron chi connectivity index (χ3n) is 2.35. The number of alkyl halides is 3. The first kappa shape index (κ1) is 15.8. The van der Waals surface area contributed by atoms with Crippen LogP contribution in [0.3, 0.4) is 0 Å². The second-order valence-electron chi connectivity index (χ2n) is 4.45. The van der Waals surface area contributed by atoms with E-state index in [1.807, 2.05) is 0 Å². The molecule has 0 aliphatic heterocycles. The molecule has 0 spiro atoms. The summed E-state index contributed by atoms with van der Waals surface area (Å²) in [5.41, 5.74) is -0.0803. The predicted molar refractivity (Wildman–Crippen MR) is 67.7 cm³/mol. The van der Waals surface area contributed by atoms with Crippen molar-refractivity contribution in [3.8, 4) is 0 Å². The third-order valence-corrected chi connectivity index (χ3v) is 2.88. The van der Waals surface area contributed by atoms with E-state index in [1.54, 1.807) is 38.1 Å². The zero-order valence-electron chi connectivity index (χ0n) is 10.3. The van der Waals surface area contributed by atoms with Crippen molar-refractivity contribution >= 4 is 22.0 Å². The molecule has 0 unspecified atom stereocenters. The lowest BCUT2D eigenvalue weighted by Crippen LogP contribution is -2.42. The van der Waals surface area contributed by atoms with Gasteiger partial charge in [0.15, 0.2) is 6.61 Å². The molecule has 0 aromatic heterocycles. The van der Waals surface area contributed by atoms with Crippen LogP contribution in [-0.4, -0.2) is 18.9 Å². The molecule has 0 aliphatic carbocycles. The molecule has 1 aromatic rings. The third kappa shape index (κ3) is 5.50. The summed E-state index contributed by atoms with van der Waals surface area (Å²) in [6.45, 7) is 1.74. The van der Waals surface area contributed by atoms with Gasteiger partial charge in [0.25, 0.3) is 0 Å². The van der Waals surface area contributed by atoms with E-state index in [2.05, 4.69) is 26.0 Å². The van der Waals surface area contributed by atoms with Crippen molar-refractivity contribution in [2.24, 2.45) is 0 Å². The van der Waals surface area contributed by atoms with Crippen LogP contribution in [-0.2, 0) is 10.3 Å². The number of benzene rings is 1. The summed E-state index contributed by atoms with van der Waals surface area (Å²) >= 11 is 3.27. The Morgan fingerprint density at radius 3 is 2.26 bits per heavy atom. The fourth-order valence-corrected chi connectivity index (χ4v) is 1.64. The molecule has 0 heterocycles. The van der Waals surface area contributed by atoms with Crippen molar-refractivity contribution in [3.63, 3.8) is 0 Å². The van der Waals surface area contributed by atoms with Crippen molar-refractivity contribution in [1.29, 1.82) is 0 Å². The number of halogens is 4. The van der Waals surface area contributed by atoms with Crippen LogP contribution in [0, 0.1) is 0 Å². The first-order valence-electron chi connectivity index (χ1n) is 5.38. The zero-order chi connectivity index (χ0) is 14.7. The average molecular weight is 340 g/mol. The highest BCUT2D eigenvalue weighted by molar-refractivity contribution is 9.10. The molecule has 0 atom stereocenters. The van der Waals surface area contributed by atoms with Gasteiger partial charge in [-0.3, -0.25) is 0 Å². The lowest BCUT2D eigenvalue weighted by molar-refractivity contribution is -0.160. The standard InChI is InChI=1S/C12H13BrF3NO2/c1-11(2,8-3-5-9(13)6-4-8)17-10(18)19-7-12(14,15)16/h3-6H,7H2,1-2H3,(H,17,18). The quantitative estimate of drug-likeness (QED) is 0.904. The van der Waals surface area contributed by atoms with Crippen LogP contribution in [0.25, 0.3) is 0 Å². The van der Waals surface area contributed by atoms with Crippen LogP contribution < -0.4 is 5.32 Å². The molecule has 0 aliphatic rings. The van der Waals surface area contributed by atoms with Crippen molar-refractivity contribution in [2.75, 3.05) is 6.61 Å². The Morgan fingerprint density at radius 1 is 1.26 bits per heavy atom. The predicted octanol–water partition coefficient (Wildman–Crippen LogP) is 3.97. The van der Waals surface area contributed by atoms with Crippen LogP contribution in [0.15, 0.2) is 28.7 Å². The van der Waals surface area contributed by atoms with E-state index in [0.717, 1.165) is 10.0 Å². The molecular formula is C12H13BrF3NO2. The van der Waals surface area contributed by atoms with Crippen molar-refractivity contribution in [2.45, 2.75) is 25.6 Å². The number of hydrogen-bond donors (Lipinski definition) is 1. The Bertz CT molecular complexity index is 443. The van der Waals surface area contributed by atoms with Gasteiger partial charge in [-0.15, -0.1) is 0 Å². The number of amides is 1. The number of ether oxygens (including phenoxy) is 1. The van der Waals surface area contributed by atoms with E-state index in [9.17, 15) is 18.0 Å².